The van der Waals surface area contributed by atoms with Crippen LogP contribution >= 0.6 is 11.6 Å². The van der Waals surface area contributed by atoms with Gasteiger partial charge in [0.1, 0.15) is 11.6 Å². The highest BCUT2D eigenvalue weighted by Crippen LogP contribution is 2.21. The summed E-state index contributed by atoms with van der Waals surface area (Å²) in [6.07, 6.45) is 1.22. The van der Waals surface area contributed by atoms with Crippen molar-refractivity contribution >= 4 is 11.6 Å². The molecule has 0 heterocycles. The van der Waals surface area contributed by atoms with Gasteiger partial charge >= 0.3 is 0 Å². The van der Waals surface area contributed by atoms with Crippen molar-refractivity contribution in [3.63, 3.8) is 0 Å². The number of benzene rings is 2. The highest BCUT2D eigenvalue weighted by Gasteiger charge is 2.10. The summed E-state index contributed by atoms with van der Waals surface area (Å²) in [4.78, 5) is 0. The standard InChI is InChI=1S/C17H19ClFNO/c1-12-4-2-6-15(10-12)21-9-8-14(20)11-13-5-3-7-16(19)17(13)18/h2-7,10,14H,8-9,11,20H2,1H3. The molecular formula is C17H19ClFNO. The number of rotatable bonds is 6. The molecule has 1 unspecified atom stereocenters. The Bertz CT molecular complexity index is 603. The fourth-order valence-corrected chi connectivity index (χ4v) is 2.33. The summed E-state index contributed by atoms with van der Waals surface area (Å²) < 4.78 is 19.0. The van der Waals surface area contributed by atoms with E-state index in [1.165, 1.54) is 6.07 Å². The van der Waals surface area contributed by atoms with E-state index in [-0.39, 0.29) is 11.1 Å². The van der Waals surface area contributed by atoms with Crippen molar-refractivity contribution in [2.75, 3.05) is 6.61 Å². The van der Waals surface area contributed by atoms with Crippen LogP contribution in [0, 0.1) is 12.7 Å². The Kier molecular flexibility index (Phi) is 5.59. The zero-order valence-corrected chi connectivity index (χ0v) is 12.7. The molecule has 4 heteroatoms. The molecule has 2 aromatic carbocycles. The van der Waals surface area contributed by atoms with Gasteiger partial charge in [-0.15, -0.1) is 0 Å². The summed E-state index contributed by atoms with van der Waals surface area (Å²) in [6, 6.07) is 12.5. The van der Waals surface area contributed by atoms with E-state index in [9.17, 15) is 4.39 Å². The molecule has 0 spiro atoms. The normalized spacial score (nSPS) is 12.2. The maximum absolute atomic E-state index is 13.3. The lowest BCUT2D eigenvalue weighted by Gasteiger charge is -2.14. The summed E-state index contributed by atoms with van der Waals surface area (Å²) in [5, 5.41) is 0.160. The molecule has 0 aliphatic heterocycles. The van der Waals surface area contributed by atoms with Gasteiger partial charge in [-0.05, 0) is 49.1 Å². The quantitative estimate of drug-likeness (QED) is 0.871. The minimum Gasteiger partial charge on any atom is -0.494 e. The van der Waals surface area contributed by atoms with Crippen molar-refractivity contribution in [2.24, 2.45) is 5.73 Å². The van der Waals surface area contributed by atoms with Crippen LogP contribution in [0.15, 0.2) is 42.5 Å². The molecule has 0 amide bonds. The van der Waals surface area contributed by atoms with E-state index in [1.54, 1.807) is 12.1 Å². The lowest BCUT2D eigenvalue weighted by Crippen LogP contribution is -2.25. The van der Waals surface area contributed by atoms with Crippen molar-refractivity contribution in [3.8, 4) is 5.75 Å². The monoisotopic (exact) mass is 307 g/mol. The van der Waals surface area contributed by atoms with E-state index >= 15 is 0 Å². The maximum atomic E-state index is 13.3. The molecule has 2 rings (SSSR count). The first-order valence-electron chi connectivity index (χ1n) is 6.94. The van der Waals surface area contributed by atoms with E-state index in [2.05, 4.69) is 0 Å². The number of ether oxygens (including phenoxy) is 1. The van der Waals surface area contributed by atoms with Crippen molar-refractivity contribution < 1.29 is 9.13 Å². The van der Waals surface area contributed by atoms with Gasteiger partial charge in [0.25, 0.3) is 0 Å². The fourth-order valence-electron chi connectivity index (χ4n) is 2.12. The summed E-state index contributed by atoms with van der Waals surface area (Å²) in [5.41, 5.74) is 7.95. The van der Waals surface area contributed by atoms with Crippen molar-refractivity contribution in [3.05, 3.63) is 64.4 Å². The molecule has 1 atom stereocenters. The average Bonchev–Trinajstić information content (AvgIpc) is 2.44. The first-order valence-corrected chi connectivity index (χ1v) is 7.32. The Morgan fingerprint density at radius 1 is 1.24 bits per heavy atom. The van der Waals surface area contributed by atoms with E-state index in [0.717, 1.165) is 16.9 Å². The molecule has 2 nitrogen and oxygen atoms in total. The molecule has 0 fully saturated rings. The molecule has 0 saturated heterocycles. The van der Waals surface area contributed by atoms with Crippen LogP contribution in [-0.4, -0.2) is 12.6 Å². The highest BCUT2D eigenvalue weighted by atomic mass is 35.5. The molecule has 0 saturated carbocycles. The number of halogens is 2. The van der Waals surface area contributed by atoms with E-state index in [0.29, 0.717) is 19.4 Å². The Hall–Kier alpha value is -1.58. The van der Waals surface area contributed by atoms with Gasteiger partial charge in [-0.3, -0.25) is 0 Å². The van der Waals surface area contributed by atoms with Gasteiger partial charge in [0.2, 0.25) is 0 Å². The molecule has 21 heavy (non-hydrogen) atoms. The first-order chi connectivity index (χ1) is 10.1. The SMILES string of the molecule is Cc1cccc(OCCC(N)Cc2cccc(F)c2Cl)c1. The van der Waals surface area contributed by atoms with Crippen LogP contribution in [0.5, 0.6) is 5.75 Å². The number of nitrogens with two attached hydrogens (primary N) is 1. The van der Waals surface area contributed by atoms with E-state index < -0.39 is 5.82 Å². The predicted octanol–water partition coefficient (Wildman–Crippen LogP) is 4.13. The smallest absolute Gasteiger partial charge is 0.142 e. The van der Waals surface area contributed by atoms with Crippen LogP contribution in [0.4, 0.5) is 4.39 Å². The lowest BCUT2D eigenvalue weighted by atomic mass is 10.0. The van der Waals surface area contributed by atoms with Gasteiger partial charge in [0.05, 0.1) is 11.6 Å². The molecule has 0 aromatic heterocycles. The topological polar surface area (TPSA) is 35.2 Å². The molecular weight excluding hydrogens is 289 g/mol. The second-order valence-electron chi connectivity index (χ2n) is 5.13. The summed E-state index contributed by atoms with van der Waals surface area (Å²) in [6.45, 7) is 2.54. The third-order valence-corrected chi connectivity index (χ3v) is 3.68. The fraction of sp³-hybridized carbons (Fsp3) is 0.294. The third kappa shape index (κ3) is 4.73. The Morgan fingerprint density at radius 2 is 2.00 bits per heavy atom. The van der Waals surface area contributed by atoms with Crippen LogP contribution in [0.1, 0.15) is 17.5 Å². The van der Waals surface area contributed by atoms with Gasteiger partial charge < -0.3 is 10.5 Å². The molecule has 0 bridgehead atoms. The van der Waals surface area contributed by atoms with Crippen LogP contribution < -0.4 is 10.5 Å². The molecule has 0 aliphatic carbocycles. The third-order valence-electron chi connectivity index (χ3n) is 3.26. The van der Waals surface area contributed by atoms with E-state index in [4.69, 9.17) is 22.1 Å². The number of aryl methyl sites for hydroxylation is 1. The molecule has 0 aliphatic rings. The zero-order chi connectivity index (χ0) is 15.2. The van der Waals surface area contributed by atoms with Crippen LogP contribution in [-0.2, 0) is 6.42 Å². The Balaban J connectivity index is 1.82. The average molecular weight is 308 g/mol. The lowest BCUT2D eigenvalue weighted by molar-refractivity contribution is 0.297. The second kappa shape index (κ2) is 7.43. The Labute approximate surface area is 129 Å². The van der Waals surface area contributed by atoms with Crippen molar-refractivity contribution in [2.45, 2.75) is 25.8 Å². The van der Waals surface area contributed by atoms with Gasteiger partial charge in [-0.1, -0.05) is 35.9 Å². The Morgan fingerprint density at radius 3 is 2.76 bits per heavy atom. The highest BCUT2D eigenvalue weighted by molar-refractivity contribution is 6.31. The van der Waals surface area contributed by atoms with E-state index in [1.807, 2.05) is 31.2 Å². The maximum Gasteiger partial charge on any atom is 0.142 e. The summed E-state index contributed by atoms with van der Waals surface area (Å²) in [7, 11) is 0. The largest absolute Gasteiger partial charge is 0.494 e. The molecule has 112 valence electrons. The van der Waals surface area contributed by atoms with Gasteiger partial charge in [-0.2, -0.15) is 0 Å². The van der Waals surface area contributed by atoms with Crippen molar-refractivity contribution in [1.29, 1.82) is 0 Å². The van der Waals surface area contributed by atoms with Crippen LogP contribution in [0.3, 0.4) is 0 Å². The molecule has 2 aromatic rings. The van der Waals surface area contributed by atoms with Crippen LogP contribution in [0.25, 0.3) is 0 Å². The number of hydrogen-bond acceptors (Lipinski definition) is 2. The van der Waals surface area contributed by atoms with Crippen molar-refractivity contribution in [1.82, 2.24) is 0 Å². The van der Waals surface area contributed by atoms with Gasteiger partial charge in [0, 0.05) is 6.04 Å². The minimum absolute atomic E-state index is 0.117. The van der Waals surface area contributed by atoms with Gasteiger partial charge in [0.15, 0.2) is 0 Å². The summed E-state index contributed by atoms with van der Waals surface area (Å²) >= 11 is 5.92. The summed E-state index contributed by atoms with van der Waals surface area (Å²) in [5.74, 6) is 0.434. The first kappa shape index (κ1) is 15.8. The second-order valence-corrected chi connectivity index (χ2v) is 5.51. The predicted molar refractivity (Wildman–Crippen MR) is 84.4 cm³/mol. The minimum atomic E-state index is -0.405. The number of hydrogen-bond donors (Lipinski definition) is 1. The van der Waals surface area contributed by atoms with Crippen LogP contribution in [0.2, 0.25) is 5.02 Å². The molecule has 0 radical (unpaired) electrons. The zero-order valence-electron chi connectivity index (χ0n) is 12.0. The van der Waals surface area contributed by atoms with Gasteiger partial charge in [-0.25, -0.2) is 4.39 Å². The molecule has 2 N–H and O–H groups in total.